The molecule has 104 valence electrons. The van der Waals surface area contributed by atoms with Gasteiger partial charge in [0.25, 0.3) is 11.9 Å². The van der Waals surface area contributed by atoms with Crippen LogP contribution in [0.25, 0.3) is 0 Å². The standard InChI is InChI=1S/C14H10F4N2/c15-10-12(11(16)14(18)19-13(10)17)20-7-3-5-8-4-1-2-6-9(8)20/h1-2,4,6H,3,5,7H2. The summed E-state index contributed by atoms with van der Waals surface area (Å²) in [6, 6.07) is 7.01. The molecule has 0 N–H and O–H groups in total. The zero-order valence-corrected chi connectivity index (χ0v) is 10.3. The topological polar surface area (TPSA) is 16.1 Å². The fraction of sp³-hybridized carbons (Fsp3) is 0.214. The van der Waals surface area contributed by atoms with Crippen LogP contribution in [0.15, 0.2) is 24.3 Å². The molecule has 0 spiro atoms. The maximum absolute atomic E-state index is 13.8. The molecule has 0 amide bonds. The van der Waals surface area contributed by atoms with E-state index < -0.39 is 29.2 Å². The normalized spacial score (nSPS) is 14.3. The van der Waals surface area contributed by atoms with Crippen molar-refractivity contribution in [1.29, 1.82) is 0 Å². The van der Waals surface area contributed by atoms with Gasteiger partial charge in [-0.1, -0.05) is 18.2 Å². The van der Waals surface area contributed by atoms with E-state index in [0.29, 0.717) is 12.1 Å². The van der Waals surface area contributed by atoms with Crippen molar-refractivity contribution >= 4 is 11.4 Å². The van der Waals surface area contributed by atoms with Gasteiger partial charge in [-0.3, -0.25) is 0 Å². The second-order valence-corrected chi connectivity index (χ2v) is 4.55. The van der Waals surface area contributed by atoms with Gasteiger partial charge < -0.3 is 4.90 Å². The van der Waals surface area contributed by atoms with Crippen molar-refractivity contribution in [3.63, 3.8) is 0 Å². The third kappa shape index (κ3) is 1.92. The number of nitrogens with zero attached hydrogens (tertiary/aromatic N) is 2. The molecule has 0 saturated carbocycles. The molecule has 0 radical (unpaired) electrons. The molecule has 6 heteroatoms. The predicted octanol–water partition coefficient (Wildman–Crippen LogP) is 3.72. The molecule has 0 unspecified atom stereocenters. The maximum atomic E-state index is 13.8. The predicted molar refractivity (Wildman–Crippen MR) is 65.8 cm³/mol. The van der Waals surface area contributed by atoms with Crippen molar-refractivity contribution in [1.82, 2.24) is 4.98 Å². The Morgan fingerprint density at radius 3 is 2.30 bits per heavy atom. The summed E-state index contributed by atoms with van der Waals surface area (Å²) in [5, 5.41) is 0. The summed E-state index contributed by atoms with van der Waals surface area (Å²) in [7, 11) is 0. The average Bonchev–Trinajstić information content (AvgIpc) is 2.46. The van der Waals surface area contributed by atoms with Crippen LogP contribution in [0.3, 0.4) is 0 Å². The van der Waals surface area contributed by atoms with Gasteiger partial charge in [0, 0.05) is 12.2 Å². The lowest BCUT2D eigenvalue weighted by molar-refractivity contribution is 0.407. The van der Waals surface area contributed by atoms with Gasteiger partial charge in [0.2, 0.25) is 11.6 Å². The van der Waals surface area contributed by atoms with Crippen LogP contribution in [0.4, 0.5) is 28.9 Å². The number of benzene rings is 1. The summed E-state index contributed by atoms with van der Waals surface area (Å²) >= 11 is 0. The molecule has 2 heterocycles. The Morgan fingerprint density at radius 1 is 0.950 bits per heavy atom. The van der Waals surface area contributed by atoms with Gasteiger partial charge in [-0.2, -0.15) is 22.5 Å². The second-order valence-electron chi connectivity index (χ2n) is 4.55. The zero-order valence-electron chi connectivity index (χ0n) is 10.3. The van der Waals surface area contributed by atoms with Gasteiger partial charge in [0.1, 0.15) is 5.69 Å². The molecule has 0 aliphatic carbocycles. The Bertz CT molecular complexity index is 646. The highest BCUT2D eigenvalue weighted by Crippen LogP contribution is 2.37. The molecule has 1 aliphatic rings. The van der Waals surface area contributed by atoms with Crippen molar-refractivity contribution in [2.45, 2.75) is 12.8 Å². The number of fused-ring (bicyclic) bond motifs is 1. The van der Waals surface area contributed by atoms with E-state index >= 15 is 0 Å². The van der Waals surface area contributed by atoms with E-state index in [4.69, 9.17) is 0 Å². The monoisotopic (exact) mass is 282 g/mol. The molecule has 0 atom stereocenters. The van der Waals surface area contributed by atoms with E-state index in [1.165, 1.54) is 4.90 Å². The summed E-state index contributed by atoms with van der Waals surface area (Å²) in [5.74, 6) is -6.22. The van der Waals surface area contributed by atoms with Crippen LogP contribution in [0.1, 0.15) is 12.0 Å². The number of hydrogen-bond acceptors (Lipinski definition) is 2. The van der Waals surface area contributed by atoms with E-state index in [1.807, 2.05) is 12.1 Å². The van der Waals surface area contributed by atoms with E-state index in [2.05, 4.69) is 4.98 Å². The lowest BCUT2D eigenvalue weighted by atomic mass is 10.0. The number of pyridine rings is 1. The van der Waals surface area contributed by atoms with E-state index in [1.54, 1.807) is 12.1 Å². The van der Waals surface area contributed by atoms with Gasteiger partial charge in [0.05, 0.1) is 0 Å². The van der Waals surface area contributed by atoms with Gasteiger partial charge in [0.15, 0.2) is 0 Å². The Hall–Kier alpha value is -2.11. The number of rotatable bonds is 1. The smallest absolute Gasteiger partial charge is 0.253 e. The third-order valence-corrected chi connectivity index (χ3v) is 3.35. The van der Waals surface area contributed by atoms with Crippen molar-refractivity contribution < 1.29 is 17.6 Å². The zero-order chi connectivity index (χ0) is 14.3. The van der Waals surface area contributed by atoms with Gasteiger partial charge >= 0.3 is 0 Å². The first-order chi connectivity index (χ1) is 9.59. The Morgan fingerprint density at radius 2 is 1.60 bits per heavy atom. The first kappa shape index (κ1) is 12.9. The van der Waals surface area contributed by atoms with Gasteiger partial charge in [-0.25, -0.2) is 0 Å². The van der Waals surface area contributed by atoms with Crippen LogP contribution in [0, 0.1) is 23.5 Å². The first-order valence-corrected chi connectivity index (χ1v) is 6.15. The molecule has 2 nitrogen and oxygen atoms in total. The van der Waals surface area contributed by atoms with Gasteiger partial charge in [-0.15, -0.1) is 0 Å². The number of aromatic nitrogens is 1. The minimum absolute atomic E-state index is 0.285. The lowest BCUT2D eigenvalue weighted by Gasteiger charge is -2.31. The fourth-order valence-electron chi connectivity index (χ4n) is 2.48. The first-order valence-electron chi connectivity index (χ1n) is 6.15. The molecule has 20 heavy (non-hydrogen) atoms. The van der Waals surface area contributed by atoms with Crippen molar-refractivity contribution in [2.24, 2.45) is 0 Å². The van der Waals surface area contributed by atoms with Crippen molar-refractivity contribution in [3.8, 4) is 0 Å². The summed E-state index contributed by atoms with van der Waals surface area (Å²) in [4.78, 5) is 3.84. The molecule has 2 aromatic rings. The van der Waals surface area contributed by atoms with Crippen molar-refractivity contribution in [2.75, 3.05) is 11.4 Å². The largest absolute Gasteiger partial charge is 0.336 e. The fourth-order valence-corrected chi connectivity index (χ4v) is 2.48. The minimum atomic E-state index is -1.64. The molecule has 1 aromatic carbocycles. The van der Waals surface area contributed by atoms with Crippen LogP contribution >= 0.6 is 0 Å². The van der Waals surface area contributed by atoms with Gasteiger partial charge in [-0.05, 0) is 24.5 Å². The highest BCUT2D eigenvalue weighted by molar-refractivity contribution is 5.68. The molecule has 0 bridgehead atoms. The number of anilines is 2. The van der Waals surface area contributed by atoms with Crippen LogP contribution in [-0.2, 0) is 6.42 Å². The number of aryl methyl sites for hydroxylation is 1. The highest BCUT2D eigenvalue weighted by Gasteiger charge is 2.28. The highest BCUT2D eigenvalue weighted by atomic mass is 19.2. The quantitative estimate of drug-likeness (QED) is 0.585. The van der Waals surface area contributed by atoms with Crippen molar-refractivity contribution in [3.05, 3.63) is 53.4 Å². The maximum Gasteiger partial charge on any atom is 0.253 e. The lowest BCUT2D eigenvalue weighted by Crippen LogP contribution is -2.27. The Kier molecular flexibility index (Phi) is 3.08. The summed E-state index contributed by atoms with van der Waals surface area (Å²) in [6.07, 6.45) is 1.40. The SMILES string of the molecule is Fc1nc(F)c(F)c(N2CCCc3ccccc32)c1F. The summed E-state index contributed by atoms with van der Waals surface area (Å²) in [6.45, 7) is 0.285. The number of halogens is 4. The minimum Gasteiger partial charge on any atom is -0.336 e. The van der Waals surface area contributed by atoms with E-state index in [0.717, 1.165) is 12.0 Å². The Labute approximate surface area is 112 Å². The second kappa shape index (κ2) is 4.77. The molecular weight excluding hydrogens is 272 g/mol. The molecule has 3 rings (SSSR count). The van der Waals surface area contributed by atoms with Crippen LogP contribution in [0.2, 0.25) is 0 Å². The van der Waals surface area contributed by atoms with Crippen LogP contribution in [-0.4, -0.2) is 11.5 Å². The number of para-hydroxylation sites is 1. The molecular formula is C14H10F4N2. The summed E-state index contributed by atoms with van der Waals surface area (Å²) in [5.41, 5.74) is 0.721. The van der Waals surface area contributed by atoms with E-state index in [-0.39, 0.29) is 6.54 Å². The van der Waals surface area contributed by atoms with Crippen LogP contribution < -0.4 is 4.90 Å². The molecule has 1 aliphatic heterocycles. The third-order valence-electron chi connectivity index (χ3n) is 3.35. The molecule has 0 fully saturated rings. The van der Waals surface area contributed by atoms with E-state index in [9.17, 15) is 17.6 Å². The molecule has 1 aromatic heterocycles. The van der Waals surface area contributed by atoms with Crippen LogP contribution in [0.5, 0.6) is 0 Å². The average molecular weight is 282 g/mol. The molecule has 0 saturated heterocycles. The number of hydrogen-bond donors (Lipinski definition) is 0. The Balaban J connectivity index is 2.21. The summed E-state index contributed by atoms with van der Waals surface area (Å²) < 4.78 is 54.1.